The highest BCUT2D eigenvalue weighted by molar-refractivity contribution is 6.83. The first-order chi connectivity index (χ1) is 10.5. The quantitative estimate of drug-likeness (QED) is 0.322. The van der Waals surface area contributed by atoms with Crippen LogP contribution >= 0.6 is 0 Å². The predicted octanol–water partition coefficient (Wildman–Crippen LogP) is 5.09. The van der Waals surface area contributed by atoms with E-state index >= 15 is 0 Å². The molecule has 3 rings (SSSR count). The van der Waals surface area contributed by atoms with Gasteiger partial charge in [0, 0.05) is 16.3 Å². The molecular weight excluding hydrogens is 282 g/mol. The summed E-state index contributed by atoms with van der Waals surface area (Å²) in [6.45, 7) is 6.73. The number of fused-ring (bicyclic) bond motifs is 2. The van der Waals surface area contributed by atoms with E-state index in [1.807, 2.05) is 36.4 Å². The lowest BCUT2D eigenvalue weighted by atomic mass is 9.92. The van der Waals surface area contributed by atoms with E-state index in [4.69, 9.17) is 0 Å². The van der Waals surface area contributed by atoms with E-state index in [1.165, 1.54) is 0 Å². The summed E-state index contributed by atoms with van der Waals surface area (Å²) in [6, 6.07) is 18.5. The molecule has 0 aliphatic rings. The van der Waals surface area contributed by atoms with Gasteiger partial charge < -0.3 is 0 Å². The highest BCUT2D eigenvalue weighted by Crippen LogP contribution is 2.32. The van der Waals surface area contributed by atoms with Gasteiger partial charge in [0.15, 0.2) is 0 Å². The van der Waals surface area contributed by atoms with Gasteiger partial charge in [-0.1, -0.05) is 74.1 Å². The summed E-state index contributed by atoms with van der Waals surface area (Å²) in [5, 5.41) is 13.7. The first-order valence-electron chi connectivity index (χ1n) is 7.38. The molecule has 0 heterocycles. The maximum atomic E-state index is 9.60. The normalized spacial score (nSPS) is 11.0. The highest BCUT2D eigenvalue weighted by Gasteiger charge is 2.13. The average molecular weight is 299 g/mol. The van der Waals surface area contributed by atoms with E-state index in [0.29, 0.717) is 0 Å². The van der Waals surface area contributed by atoms with Crippen LogP contribution in [0.25, 0.3) is 21.5 Å². The second kappa shape index (κ2) is 5.33. The lowest BCUT2D eigenvalue weighted by Crippen LogP contribution is -2.16. The number of nitrogens with zero attached hydrogens (tertiary/aromatic N) is 1. The van der Waals surface area contributed by atoms with Crippen LogP contribution in [0.4, 0.5) is 0 Å². The Morgan fingerprint density at radius 2 is 1.14 bits per heavy atom. The van der Waals surface area contributed by atoms with Crippen LogP contribution in [-0.4, -0.2) is 8.07 Å². The van der Waals surface area contributed by atoms with Crippen LogP contribution in [-0.2, 0) is 0 Å². The maximum absolute atomic E-state index is 9.60. The molecule has 0 saturated heterocycles. The maximum Gasteiger partial charge on any atom is 0.129 e. The molecule has 0 atom stereocenters. The van der Waals surface area contributed by atoms with Gasteiger partial charge in [0.2, 0.25) is 0 Å². The van der Waals surface area contributed by atoms with Gasteiger partial charge in [-0.2, -0.15) is 5.26 Å². The zero-order chi connectivity index (χ0) is 15.7. The molecule has 22 heavy (non-hydrogen) atoms. The molecule has 3 aromatic carbocycles. The van der Waals surface area contributed by atoms with Gasteiger partial charge in [-0.3, -0.25) is 0 Å². The molecule has 0 amide bonds. The second-order valence-electron chi connectivity index (χ2n) is 6.45. The van der Waals surface area contributed by atoms with E-state index in [9.17, 15) is 5.26 Å². The highest BCUT2D eigenvalue weighted by atomic mass is 28.3. The molecule has 2 heteroatoms. The van der Waals surface area contributed by atoms with Crippen molar-refractivity contribution in [3.8, 4) is 17.5 Å². The molecule has 3 aromatic rings. The summed E-state index contributed by atoms with van der Waals surface area (Å²) >= 11 is 0. The van der Waals surface area contributed by atoms with Crippen molar-refractivity contribution in [1.29, 1.82) is 5.26 Å². The molecule has 0 aliphatic heterocycles. The van der Waals surface area contributed by atoms with Crippen LogP contribution in [0.15, 0.2) is 48.5 Å². The van der Waals surface area contributed by atoms with Gasteiger partial charge in [0.05, 0.1) is 5.56 Å². The summed E-state index contributed by atoms with van der Waals surface area (Å²) in [4.78, 5) is 0. The first kappa shape index (κ1) is 14.4. The Hall–Kier alpha value is -2.55. The van der Waals surface area contributed by atoms with Crippen molar-refractivity contribution in [1.82, 2.24) is 0 Å². The van der Waals surface area contributed by atoms with E-state index < -0.39 is 8.07 Å². The number of rotatable bonds is 0. The fraction of sp³-hybridized carbons (Fsp3) is 0.150. The van der Waals surface area contributed by atoms with E-state index in [1.54, 1.807) is 0 Å². The van der Waals surface area contributed by atoms with Crippen LogP contribution in [0, 0.1) is 22.8 Å². The smallest absolute Gasteiger partial charge is 0.129 e. The molecule has 0 aromatic heterocycles. The summed E-state index contributed by atoms with van der Waals surface area (Å²) in [7, 11) is -1.46. The predicted molar refractivity (Wildman–Crippen MR) is 96.4 cm³/mol. The van der Waals surface area contributed by atoms with Crippen LogP contribution in [0.5, 0.6) is 0 Å². The monoisotopic (exact) mass is 299 g/mol. The Kier molecular flexibility index (Phi) is 3.49. The summed E-state index contributed by atoms with van der Waals surface area (Å²) in [6.07, 6.45) is 0. The Labute approximate surface area is 132 Å². The van der Waals surface area contributed by atoms with Gasteiger partial charge in [-0.15, -0.1) is 5.54 Å². The molecule has 1 nitrogen and oxygen atoms in total. The standard InChI is InChI=1S/C20H17NSi/c1-22(2,3)13-12-19-15-8-4-6-10-17(15)20(14-21)18-11-7-5-9-16(18)19/h4-11H,1-3H3. The molecule has 0 radical (unpaired) electrons. The van der Waals surface area contributed by atoms with E-state index in [0.717, 1.165) is 32.7 Å². The third-order valence-electron chi connectivity index (χ3n) is 3.61. The van der Waals surface area contributed by atoms with Crippen molar-refractivity contribution in [3.05, 3.63) is 59.7 Å². The van der Waals surface area contributed by atoms with Gasteiger partial charge in [0.25, 0.3) is 0 Å². The molecule has 0 unspecified atom stereocenters. The topological polar surface area (TPSA) is 23.8 Å². The SMILES string of the molecule is C[Si](C)(C)C#Cc1c2ccccc2c(C#N)c2ccccc12. The molecule has 0 aliphatic carbocycles. The lowest BCUT2D eigenvalue weighted by molar-refractivity contribution is 1.51. The largest absolute Gasteiger partial charge is 0.192 e. The number of benzene rings is 3. The van der Waals surface area contributed by atoms with Crippen molar-refractivity contribution < 1.29 is 0 Å². The van der Waals surface area contributed by atoms with Crippen LogP contribution < -0.4 is 0 Å². The van der Waals surface area contributed by atoms with E-state index in [2.05, 4.69) is 49.3 Å². The van der Waals surface area contributed by atoms with E-state index in [-0.39, 0.29) is 0 Å². The molecular formula is C20H17NSi. The second-order valence-corrected chi connectivity index (χ2v) is 11.2. The fourth-order valence-electron chi connectivity index (χ4n) is 2.63. The zero-order valence-corrected chi connectivity index (χ0v) is 14.1. The molecule has 0 fully saturated rings. The molecule has 0 bridgehead atoms. The number of nitriles is 1. The van der Waals surface area contributed by atoms with Gasteiger partial charge in [-0.05, 0) is 10.8 Å². The summed E-state index contributed by atoms with van der Waals surface area (Å²) < 4.78 is 0. The van der Waals surface area contributed by atoms with Gasteiger partial charge >= 0.3 is 0 Å². The minimum absolute atomic E-state index is 0.741. The average Bonchev–Trinajstić information content (AvgIpc) is 2.50. The first-order valence-corrected chi connectivity index (χ1v) is 10.9. The van der Waals surface area contributed by atoms with Crippen LogP contribution in [0.1, 0.15) is 11.1 Å². The third kappa shape index (κ3) is 2.50. The van der Waals surface area contributed by atoms with Crippen LogP contribution in [0.3, 0.4) is 0 Å². The third-order valence-corrected chi connectivity index (χ3v) is 4.48. The molecule has 0 N–H and O–H groups in total. The lowest BCUT2D eigenvalue weighted by Gasteiger charge is -2.10. The molecule has 106 valence electrons. The molecule has 0 spiro atoms. The fourth-order valence-corrected chi connectivity index (χ4v) is 3.13. The number of hydrogen-bond acceptors (Lipinski definition) is 1. The minimum atomic E-state index is -1.46. The zero-order valence-electron chi connectivity index (χ0n) is 13.1. The van der Waals surface area contributed by atoms with Crippen molar-refractivity contribution >= 4 is 29.6 Å². The Morgan fingerprint density at radius 1 is 0.727 bits per heavy atom. The van der Waals surface area contributed by atoms with Crippen molar-refractivity contribution in [2.24, 2.45) is 0 Å². The number of hydrogen-bond donors (Lipinski definition) is 0. The van der Waals surface area contributed by atoms with Gasteiger partial charge in [0.1, 0.15) is 14.1 Å². The minimum Gasteiger partial charge on any atom is -0.192 e. The Morgan fingerprint density at radius 3 is 1.50 bits per heavy atom. The summed E-state index contributed by atoms with van der Waals surface area (Å²) in [5.41, 5.74) is 5.26. The Balaban J connectivity index is 2.52. The summed E-state index contributed by atoms with van der Waals surface area (Å²) in [5.74, 6) is 3.42. The van der Waals surface area contributed by atoms with Crippen molar-refractivity contribution in [2.75, 3.05) is 0 Å². The van der Waals surface area contributed by atoms with Crippen molar-refractivity contribution in [3.63, 3.8) is 0 Å². The Bertz CT molecular complexity index is 919. The van der Waals surface area contributed by atoms with Crippen molar-refractivity contribution in [2.45, 2.75) is 19.6 Å². The molecule has 0 saturated carbocycles. The van der Waals surface area contributed by atoms with Crippen LogP contribution in [0.2, 0.25) is 19.6 Å². The van der Waals surface area contributed by atoms with Gasteiger partial charge in [-0.25, -0.2) is 0 Å².